The van der Waals surface area contributed by atoms with Crippen molar-refractivity contribution >= 4 is 35.0 Å². The molecule has 1 heterocycles. The first-order chi connectivity index (χ1) is 18.7. The van der Waals surface area contributed by atoms with E-state index in [0.29, 0.717) is 30.0 Å². The van der Waals surface area contributed by atoms with Gasteiger partial charge in [-0.1, -0.05) is 59.8 Å². The number of hydrogen-bond acceptors (Lipinski definition) is 6. The normalized spacial score (nSPS) is 15.4. The fraction of sp³-hybridized carbons (Fsp3) is 0.393. The van der Waals surface area contributed by atoms with Gasteiger partial charge in [0.2, 0.25) is 5.76 Å². The van der Waals surface area contributed by atoms with E-state index in [1.807, 2.05) is 12.1 Å². The van der Waals surface area contributed by atoms with Crippen LogP contribution in [0.5, 0.6) is 5.75 Å². The van der Waals surface area contributed by atoms with Crippen molar-refractivity contribution in [1.82, 2.24) is 15.8 Å². The van der Waals surface area contributed by atoms with Crippen LogP contribution < -0.4 is 15.4 Å². The average molecular weight is 578 g/mol. The molecule has 11 heteroatoms. The van der Waals surface area contributed by atoms with E-state index >= 15 is 0 Å². The number of aliphatic hydroxyl groups excluding tert-OH is 1. The number of rotatable bonds is 11. The fourth-order valence-electron chi connectivity index (χ4n) is 4.75. The minimum Gasteiger partial charge on any atom is -0.484 e. The maximum Gasteiger partial charge on any atom is 0.290 e. The van der Waals surface area contributed by atoms with Crippen molar-refractivity contribution in [1.29, 1.82) is 0 Å². The lowest BCUT2D eigenvalue weighted by Crippen LogP contribution is -2.53. The first kappa shape index (κ1) is 28.9. The zero-order chi connectivity index (χ0) is 27.8. The molecule has 0 aliphatic heterocycles. The predicted octanol–water partition coefficient (Wildman–Crippen LogP) is 5.09. The molecule has 0 saturated heterocycles. The van der Waals surface area contributed by atoms with E-state index in [2.05, 4.69) is 15.8 Å². The van der Waals surface area contributed by atoms with Crippen LogP contribution in [-0.4, -0.2) is 46.9 Å². The molecule has 8 nitrogen and oxygen atoms in total. The van der Waals surface area contributed by atoms with E-state index in [0.717, 1.165) is 30.9 Å². The van der Waals surface area contributed by atoms with E-state index < -0.39 is 29.3 Å². The lowest BCUT2D eigenvalue weighted by Gasteiger charge is -2.39. The van der Waals surface area contributed by atoms with Crippen LogP contribution in [0.4, 0.5) is 4.39 Å². The Kier molecular flexibility index (Phi) is 9.83. The van der Waals surface area contributed by atoms with E-state index in [-0.39, 0.29) is 36.1 Å². The maximum absolute atomic E-state index is 13.5. The van der Waals surface area contributed by atoms with Crippen LogP contribution in [0.1, 0.15) is 60.3 Å². The second-order valence-electron chi connectivity index (χ2n) is 9.81. The minimum atomic E-state index is -0.907. The third-order valence-electron chi connectivity index (χ3n) is 6.69. The zero-order valence-corrected chi connectivity index (χ0v) is 22.7. The molecule has 2 aromatic carbocycles. The molecular weight excluding hydrogens is 548 g/mol. The molecule has 1 saturated carbocycles. The van der Waals surface area contributed by atoms with E-state index in [4.69, 9.17) is 32.5 Å². The van der Waals surface area contributed by atoms with E-state index in [1.165, 1.54) is 12.1 Å². The van der Waals surface area contributed by atoms with Crippen LogP contribution in [0.3, 0.4) is 0 Å². The van der Waals surface area contributed by atoms with Crippen LogP contribution in [0.25, 0.3) is 0 Å². The summed E-state index contributed by atoms with van der Waals surface area (Å²) in [7, 11) is 0. The number of aromatic nitrogens is 1. The molecule has 0 bridgehead atoms. The highest BCUT2D eigenvalue weighted by Gasteiger charge is 2.36. The summed E-state index contributed by atoms with van der Waals surface area (Å²) in [6.45, 7) is -0.373. The number of benzene rings is 2. The summed E-state index contributed by atoms with van der Waals surface area (Å²) in [5, 5.41) is 21.0. The molecule has 1 aliphatic carbocycles. The Morgan fingerprint density at radius 2 is 1.85 bits per heavy atom. The first-order valence-electron chi connectivity index (χ1n) is 12.8. The number of nitrogens with one attached hydrogen (secondary N) is 2. The molecule has 3 aromatic rings. The monoisotopic (exact) mass is 577 g/mol. The van der Waals surface area contributed by atoms with Crippen molar-refractivity contribution in [2.45, 2.75) is 56.6 Å². The summed E-state index contributed by atoms with van der Waals surface area (Å²) in [6.07, 6.45) is 4.09. The lowest BCUT2D eigenvalue weighted by atomic mass is 9.77. The van der Waals surface area contributed by atoms with Crippen molar-refractivity contribution < 1.29 is 28.3 Å². The molecule has 1 fully saturated rings. The Balaban J connectivity index is 1.29. The summed E-state index contributed by atoms with van der Waals surface area (Å²) in [5.74, 6) is -1.25. The van der Waals surface area contributed by atoms with Gasteiger partial charge in [-0.15, -0.1) is 0 Å². The number of carbonyl (C=O) groups is 2. The van der Waals surface area contributed by atoms with Gasteiger partial charge in [0.15, 0.2) is 6.61 Å². The molecule has 4 rings (SSSR count). The minimum absolute atomic E-state index is 0.0255. The number of ether oxygens (including phenoxy) is 1. The van der Waals surface area contributed by atoms with Crippen molar-refractivity contribution in [2.75, 3.05) is 13.2 Å². The van der Waals surface area contributed by atoms with Crippen LogP contribution in [0.15, 0.2) is 53.1 Å². The molecular formula is C28H30Cl2FN3O5. The van der Waals surface area contributed by atoms with Gasteiger partial charge in [-0.2, -0.15) is 0 Å². The van der Waals surface area contributed by atoms with Gasteiger partial charge in [-0.25, -0.2) is 4.39 Å². The molecule has 0 spiro atoms. The van der Waals surface area contributed by atoms with Gasteiger partial charge in [-0.3, -0.25) is 9.59 Å². The van der Waals surface area contributed by atoms with Gasteiger partial charge in [0.1, 0.15) is 11.6 Å². The van der Waals surface area contributed by atoms with Crippen LogP contribution in [0, 0.1) is 5.82 Å². The number of hydrogen-bond donors (Lipinski definition) is 3. The first-order valence-corrected chi connectivity index (χ1v) is 13.5. The number of aliphatic hydroxyl groups is 1. The Bertz CT molecular complexity index is 1280. The maximum atomic E-state index is 13.5. The Morgan fingerprint density at radius 3 is 2.56 bits per heavy atom. The van der Waals surface area contributed by atoms with Crippen LogP contribution >= 0.6 is 23.2 Å². The molecule has 3 N–H and O–H groups in total. The summed E-state index contributed by atoms with van der Waals surface area (Å²) in [5.41, 5.74) is 0.964. The third kappa shape index (κ3) is 8.42. The van der Waals surface area contributed by atoms with Crippen molar-refractivity contribution in [3.63, 3.8) is 0 Å². The zero-order valence-electron chi connectivity index (χ0n) is 21.2. The summed E-state index contributed by atoms with van der Waals surface area (Å²) in [4.78, 5) is 25.3. The Morgan fingerprint density at radius 1 is 1.10 bits per heavy atom. The van der Waals surface area contributed by atoms with Gasteiger partial charge in [-0.05, 0) is 49.1 Å². The van der Waals surface area contributed by atoms with Crippen molar-refractivity contribution in [3.05, 3.63) is 81.4 Å². The molecule has 1 aliphatic rings. The molecule has 1 unspecified atom stereocenters. The molecule has 0 radical (unpaired) electrons. The standard InChI is InChI=1S/C28H30Cl2FN3O5/c29-19-6-4-18(5-7-19)12-20-13-25(39-34-20)27(37)33-28(10-2-1-3-11-28)15-21(35)16-32-26(36)17-38-22-8-9-23(30)24(31)14-22/h4-9,13-14,21,35H,1-3,10-12,15-17H2,(H,32,36)(H,33,37). The van der Waals surface area contributed by atoms with E-state index in [9.17, 15) is 19.1 Å². The van der Waals surface area contributed by atoms with Crippen LogP contribution in [-0.2, 0) is 11.2 Å². The Labute approximate surface area is 235 Å². The quantitative estimate of drug-likeness (QED) is 0.292. The van der Waals surface area contributed by atoms with Crippen molar-refractivity contribution in [3.8, 4) is 5.75 Å². The largest absolute Gasteiger partial charge is 0.484 e. The molecule has 39 heavy (non-hydrogen) atoms. The third-order valence-corrected chi connectivity index (χ3v) is 7.25. The SMILES string of the molecule is O=C(COc1ccc(Cl)c(F)c1)NCC(O)CC1(NC(=O)c2cc(Cc3ccc(Cl)cc3)no2)CCCCC1. The van der Waals surface area contributed by atoms with E-state index in [1.54, 1.807) is 18.2 Å². The number of carbonyl (C=O) groups excluding carboxylic acids is 2. The number of amides is 2. The molecule has 208 valence electrons. The predicted molar refractivity (Wildman–Crippen MR) is 145 cm³/mol. The van der Waals surface area contributed by atoms with Gasteiger partial charge in [0.25, 0.3) is 11.8 Å². The number of halogens is 3. The Hall–Kier alpha value is -3.14. The second-order valence-corrected chi connectivity index (χ2v) is 10.7. The highest BCUT2D eigenvalue weighted by molar-refractivity contribution is 6.30. The number of nitrogens with zero attached hydrogens (tertiary/aromatic N) is 1. The summed E-state index contributed by atoms with van der Waals surface area (Å²) >= 11 is 11.6. The highest BCUT2D eigenvalue weighted by Crippen LogP contribution is 2.32. The van der Waals surface area contributed by atoms with Gasteiger partial charge in [0.05, 0.1) is 16.8 Å². The lowest BCUT2D eigenvalue weighted by molar-refractivity contribution is -0.123. The average Bonchev–Trinajstić information content (AvgIpc) is 3.38. The van der Waals surface area contributed by atoms with Crippen LogP contribution in [0.2, 0.25) is 10.0 Å². The van der Waals surface area contributed by atoms with Gasteiger partial charge >= 0.3 is 0 Å². The highest BCUT2D eigenvalue weighted by atomic mass is 35.5. The van der Waals surface area contributed by atoms with Gasteiger partial charge < -0.3 is 25.0 Å². The smallest absolute Gasteiger partial charge is 0.290 e. The fourth-order valence-corrected chi connectivity index (χ4v) is 4.99. The summed E-state index contributed by atoms with van der Waals surface area (Å²) in [6, 6.07) is 12.9. The van der Waals surface area contributed by atoms with Gasteiger partial charge in [0, 0.05) is 35.7 Å². The molecule has 2 amide bonds. The van der Waals surface area contributed by atoms with Crippen molar-refractivity contribution in [2.24, 2.45) is 0 Å². The molecule has 1 atom stereocenters. The topological polar surface area (TPSA) is 114 Å². The molecule has 1 aromatic heterocycles. The second kappa shape index (κ2) is 13.3. The summed E-state index contributed by atoms with van der Waals surface area (Å²) < 4.78 is 24.1.